The number of carbonyl (C=O) groups is 1. The van der Waals surface area contributed by atoms with Crippen LogP contribution < -0.4 is 0 Å². The number of carboxylic acids is 1. The van der Waals surface area contributed by atoms with Crippen LogP contribution in [0.1, 0.15) is 29.8 Å². The molecule has 1 aliphatic heterocycles. The average Bonchev–Trinajstić information content (AvgIpc) is 2.99. The molecule has 0 unspecified atom stereocenters. The summed E-state index contributed by atoms with van der Waals surface area (Å²) in [5.41, 5.74) is 3.80. The van der Waals surface area contributed by atoms with Gasteiger partial charge in [0.05, 0.1) is 17.8 Å². The molecule has 1 N–H and O–H groups in total. The fourth-order valence-electron chi connectivity index (χ4n) is 3.40. The molecule has 0 radical (unpaired) electrons. The maximum atomic E-state index is 10.8. The lowest BCUT2D eigenvalue weighted by Gasteiger charge is -2.19. The van der Waals surface area contributed by atoms with Gasteiger partial charge in [-0.05, 0) is 24.6 Å². The van der Waals surface area contributed by atoms with E-state index in [-0.39, 0.29) is 6.42 Å². The molecule has 0 aliphatic carbocycles. The summed E-state index contributed by atoms with van der Waals surface area (Å²) in [6.07, 6.45) is 7.03. The molecule has 3 aromatic heterocycles. The van der Waals surface area contributed by atoms with E-state index < -0.39 is 5.97 Å². The van der Waals surface area contributed by atoms with Crippen molar-refractivity contribution in [2.75, 3.05) is 6.54 Å². The lowest BCUT2D eigenvalue weighted by molar-refractivity contribution is -0.136. The van der Waals surface area contributed by atoms with Crippen molar-refractivity contribution in [3.05, 3.63) is 59.8 Å². The molecule has 0 fully saturated rings. The standard InChI is InChI=1S/C20H22N6O2/c27-19(28)6-5-16-10-17-14-25(8-3-9-26(17)24-16)13-15-11-22-20(23-12-15)18-4-1-2-7-21-18/h1-2,4,7,10-12H,3,5-6,8-9,13-14H2,(H,27,28). The predicted molar refractivity (Wildman–Crippen MR) is 102 cm³/mol. The van der Waals surface area contributed by atoms with Crippen molar-refractivity contribution in [3.8, 4) is 11.5 Å². The van der Waals surface area contributed by atoms with Crippen LogP contribution in [-0.2, 0) is 30.8 Å². The summed E-state index contributed by atoms with van der Waals surface area (Å²) < 4.78 is 2.01. The van der Waals surface area contributed by atoms with Gasteiger partial charge in [-0.15, -0.1) is 0 Å². The molecule has 3 aromatic rings. The fraction of sp³-hybridized carbons (Fsp3) is 0.350. The van der Waals surface area contributed by atoms with Crippen molar-refractivity contribution in [1.82, 2.24) is 29.6 Å². The second-order valence-electron chi connectivity index (χ2n) is 6.94. The minimum absolute atomic E-state index is 0.111. The number of carboxylic acid groups (broad SMARTS) is 1. The van der Waals surface area contributed by atoms with E-state index in [2.05, 4.69) is 25.0 Å². The van der Waals surface area contributed by atoms with E-state index in [9.17, 15) is 4.79 Å². The first kappa shape index (κ1) is 18.2. The Kier molecular flexibility index (Phi) is 5.38. The average molecular weight is 378 g/mol. The highest BCUT2D eigenvalue weighted by Gasteiger charge is 2.17. The molecule has 0 saturated heterocycles. The summed E-state index contributed by atoms with van der Waals surface area (Å²) in [5, 5.41) is 13.4. The first-order valence-electron chi connectivity index (χ1n) is 9.39. The lowest BCUT2D eigenvalue weighted by atomic mass is 10.2. The van der Waals surface area contributed by atoms with Gasteiger partial charge in [0, 0.05) is 56.8 Å². The molecule has 144 valence electrons. The predicted octanol–water partition coefficient (Wildman–Crippen LogP) is 2.16. The van der Waals surface area contributed by atoms with Crippen LogP contribution in [-0.4, -0.2) is 47.3 Å². The molecular weight excluding hydrogens is 356 g/mol. The summed E-state index contributed by atoms with van der Waals surface area (Å²) in [7, 11) is 0. The van der Waals surface area contributed by atoms with Crippen LogP contribution in [0.4, 0.5) is 0 Å². The summed E-state index contributed by atoms with van der Waals surface area (Å²) in [5.74, 6) is -0.166. The first-order valence-corrected chi connectivity index (χ1v) is 9.39. The van der Waals surface area contributed by atoms with E-state index in [0.29, 0.717) is 12.2 Å². The Balaban J connectivity index is 1.42. The molecule has 0 amide bonds. The monoisotopic (exact) mass is 378 g/mol. The normalized spacial score (nSPS) is 14.4. The fourth-order valence-corrected chi connectivity index (χ4v) is 3.40. The zero-order chi connectivity index (χ0) is 19.3. The minimum atomic E-state index is -0.793. The van der Waals surface area contributed by atoms with E-state index in [0.717, 1.165) is 55.2 Å². The highest BCUT2D eigenvalue weighted by atomic mass is 16.4. The molecule has 28 heavy (non-hydrogen) atoms. The molecule has 4 rings (SSSR count). The molecule has 8 nitrogen and oxygen atoms in total. The number of nitrogens with zero attached hydrogens (tertiary/aromatic N) is 6. The van der Waals surface area contributed by atoms with Gasteiger partial charge in [0.15, 0.2) is 5.82 Å². The molecule has 4 heterocycles. The first-order chi connectivity index (χ1) is 13.7. The van der Waals surface area contributed by atoms with Gasteiger partial charge in [0.25, 0.3) is 0 Å². The number of aryl methyl sites for hydroxylation is 2. The van der Waals surface area contributed by atoms with Crippen LogP contribution in [0, 0.1) is 0 Å². The quantitative estimate of drug-likeness (QED) is 0.702. The molecule has 0 aromatic carbocycles. The van der Waals surface area contributed by atoms with E-state index >= 15 is 0 Å². The molecule has 0 atom stereocenters. The van der Waals surface area contributed by atoms with Gasteiger partial charge in [0.1, 0.15) is 5.69 Å². The van der Waals surface area contributed by atoms with Crippen molar-refractivity contribution in [3.63, 3.8) is 0 Å². The Bertz CT molecular complexity index is 939. The molecule has 0 bridgehead atoms. The van der Waals surface area contributed by atoms with E-state index in [1.807, 2.05) is 41.3 Å². The topological polar surface area (TPSA) is 97.0 Å². The van der Waals surface area contributed by atoms with Crippen LogP contribution in [0.15, 0.2) is 42.9 Å². The Hall–Kier alpha value is -3.13. The van der Waals surface area contributed by atoms with Crippen LogP contribution in [0.3, 0.4) is 0 Å². The third-order valence-corrected chi connectivity index (χ3v) is 4.74. The number of rotatable bonds is 6. The summed E-state index contributed by atoms with van der Waals surface area (Å²) in [6.45, 7) is 3.37. The number of hydrogen-bond acceptors (Lipinski definition) is 6. The number of hydrogen-bond donors (Lipinski definition) is 1. The second-order valence-corrected chi connectivity index (χ2v) is 6.94. The van der Waals surface area contributed by atoms with Crippen LogP contribution in [0.2, 0.25) is 0 Å². The SMILES string of the molecule is O=C(O)CCc1cc2n(n1)CCCN(Cc1cnc(-c3ccccn3)nc1)C2. The Morgan fingerprint density at radius 3 is 2.75 bits per heavy atom. The van der Waals surface area contributed by atoms with E-state index in [1.165, 1.54) is 0 Å². The third-order valence-electron chi connectivity index (χ3n) is 4.74. The molecule has 1 aliphatic rings. The van der Waals surface area contributed by atoms with Crippen LogP contribution >= 0.6 is 0 Å². The highest BCUT2D eigenvalue weighted by molar-refractivity contribution is 5.66. The highest BCUT2D eigenvalue weighted by Crippen LogP contribution is 2.17. The Morgan fingerprint density at radius 2 is 2.00 bits per heavy atom. The van der Waals surface area contributed by atoms with Gasteiger partial charge < -0.3 is 5.11 Å². The van der Waals surface area contributed by atoms with Gasteiger partial charge in [-0.25, -0.2) is 9.97 Å². The second kappa shape index (κ2) is 8.26. The van der Waals surface area contributed by atoms with E-state index in [1.54, 1.807) is 6.20 Å². The summed E-state index contributed by atoms with van der Waals surface area (Å²) >= 11 is 0. The maximum Gasteiger partial charge on any atom is 0.303 e. The zero-order valence-corrected chi connectivity index (χ0v) is 15.5. The minimum Gasteiger partial charge on any atom is -0.481 e. The lowest BCUT2D eigenvalue weighted by Crippen LogP contribution is -2.23. The number of aliphatic carboxylic acids is 1. The maximum absolute atomic E-state index is 10.8. The van der Waals surface area contributed by atoms with Gasteiger partial charge in [-0.2, -0.15) is 5.10 Å². The third kappa shape index (κ3) is 4.40. The molecule has 0 spiro atoms. The van der Waals surface area contributed by atoms with Crippen molar-refractivity contribution < 1.29 is 9.90 Å². The number of aromatic nitrogens is 5. The number of fused-ring (bicyclic) bond motifs is 1. The molecule has 8 heteroatoms. The number of pyridine rings is 1. The van der Waals surface area contributed by atoms with Crippen molar-refractivity contribution in [1.29, 1.82) is 0 Å². The largest absolute Gasteiger partial charge is 0.481 e. The molecule has 0 saturated carbocycles. The Labute approximate surface area is 162 Å². The van der Waals surface area contributed by atoms with Crippen molar-refractivity contribution >= 4 is 5.97 Å². The van der Waals surface area contributed by atoms with Gasteiger partial charge in [0.2, 0.25) is 0 Å². The van der Waals surface area contributed by atoms with Gasteiger partial charge in [-0.1, -0.05) is 6.07 Å². The van der Waals surface area contributed by atoms with Crippen LogP contribution in [0.25, 0.3) is 11.5 Å². The zero-order valence-electron chi connectivity index (χ0n) is 15.5. The van der Waals surface area contributed by atoms with Crippen molar-refractivity contribution in [2.45, 2.75) is 38.9 Å². The van der Waals surface area contributed by atoms with Crippen molar-refractivity contribution in [2.24, 2.45) is 0 Å². The summed E-state index contributed by atoms with van der Waals surface area (Å²) in [4.78, 5) is 26.3. The smallest absolute Gasteiger partial charge is 0.303 e. The molecular formula is C20H22N6O2. The summed E-state index contributed by atoms with van der Waals surface area (Å²) in [6, 6.07) is 7.72. The van der Waals surface area contributed by atoms with Gasteiger partial charge in [-0.3, -0.25) is 19.4 Å². The van der Waals surface area contributed by atoms with Gasteiger partial charge >= 0.3 is 5.97 Å². The van der Waals surface area contributed by atoms with E-state index in [4.69, 9.17) is 5.11 Å². The Morgan fingerprint density at radius 1 is 1.14 bits per heavy atom. The van der Waals surface area contributed by atoms with Crippen LogP contribution in [0.5, 0.6) is 0 Å².